The standard InChI is InChI=1S/C27H39BrN6O/c1-5-6-7-8-22-18-32(4)24(30-27(22)31-25(20(2)3)26(29)35)19-34-15-13-33(14-16-34)17-21-9-11-23(28)12-10-21/h5-12,20,24-25H,1,13-19H2,2-4H3,(H2,29,35)(H,30,31)/b7-6-,22-8+. The molecule has 190 valence electrons. The van der Waals surface area contributed by atoms with Gasteiger partial charge in [0.1, 0.15) is 18.0 Å². The van der Waals surface area contributed by atoms with Crippen molar-refractivity contribution in [2.45, 2.75) is 32.6 Å². The van der Waals surface area contributed by atoms with E-state index in [1.165, 1.54) is 5.56 Å². The van der Waals surface area contributed by atoms with E-state index in [9.17, 15) is 4.79 Å². The van der Waals surface area contributed by atoms with E-state index in [1.54, 1.807) is 6.08 Å². The van der Waals surface area contributed by atoms with Crippen LogP contribution in [0.25, 0.3) is 0 Å². The maximum atomic E-state index is 12.1. The summed E-state index contributed by atoms with van der Waals surface area (Å²) >= 11 is 3.51. The van der Waals surface area contributed by atoms with E-state index in [0.717, 1.165) is 61.7 Å². The molecule has 2 unspecified atom stereocenters. The lowest BCUT2D eigenvalue weighted by Crippen LogP contribution is -2.55. The third kappa shape index (κ3) is 8.14. The maximum Gasteiger partial charge on any atom is 0.240 e. The number of amidine groups is 1. The molecule has 1 fully saturated rings. The fourth-order valence-electron chi connectivity index (χ4n) is 4.39. The van der Waals surface area contributed by atoms with Crippen LogP contribution in [-0.4, -0.2) is 85.0 Å². The zero-order valence-corrected chi connectivity index (χ0v) is 22.7. The molecule has 3 rings (SSSR count). The molecule has 7 nitrogen and oxygen atoms in total. The lowest BCUT2D eigenvalue weighted by molar-refractivity contribution is -0.120. The zero-order chi connectivity index (χ0) is 25.4. The number of halogens is 1. The number of carbonyl (C=O) groups is 1. The largest absolute Gasteiger partial charge is 0.368 e. The molecule has 1 aromatic rings. The number of hydrogen-bond donors (Lipinski definition) is 2. The van der Waals surface area contributed by atoms with Gasteiger partial charge in [0.05, 0.1) is 0 Å². The number of amides is 1. The number of nitrogens with zero attached hydrogens (tertiary/aromatic N) is 4. The highest BCUT2D eigenvalue weighted by Gasteiger charge is 2.30. The summed E-state index contributed by atoms with van der Waals surface area (Å²) < 4.78 is 1.11. The minimum Gasteiger partial charge on any atom is -0.368 e. The van der Waals surface area contributed by atoms with Gasteiger partial charge in [-0.1, -0.05) is 72.8 Å². The van der Waals surface area contributed by atoms with Gasteiger partial charge in [-0.25, -0.2) is 4.99 Å². The van der Waals surface area contributed by atoms with Crippen LogP contribution in [0.2, 0.25) is 0 Å². The number of aliphatic imine (C=N–C) groups is 1. The number of primary amides is 1. The van der Waals surface area contributed by atoms with Crippen molar-refractivity contribution in [3.63, 3.8) is 0 Å². The molecule has 0 aliphatic carbocycles. The van der Waals surface area contributed by atoms with Crippen LogP contribution < -0.4 is 11.1 Å². The van der Waals surface area contributed by atoms with Crippen molar-refractivity contribution in [2.75, 3.05) is 46.3 Å². The first-order valence-corrected chi connectivity index (χ1v) is 13.1. The second-order valence-electron chi connectivity index (χ2n) is 9.66. The molecular formula is C27H39BrN6O. The van der Waals surface area contributed by atoms with E-state index < -0.39 is 6.04 Å². The summed E-state index contributed by atoms with van der Waals surface area (Å²) in [5, 5.41) is 3.35. The Labute approximate surface area is 218 Å². The molecule has 3 N–H and O–H groups in total. The number of likely N-dealkylation sites (N-methyl/N-ethyl adjacent to an activating group) is 1. The topological polar surface area (TPSA) is 77.2 Å². The predicted octanol–water partition coefficient (Wildman–Crippen LogP) is 3.00. The second-order valence-corrected chi connectivity index (χ2v) is 10.6. The van der Waals surface area contributed by atoms with Gasteiger partial charge < -0.3 is 11.1 Å². The number of rotatable bonds is 9. The molecule has 2 heterocycles. The van der Waals surface area contributed by atoms with Crippen molar-refractivity contribution in [2.24, 2.45) is 16.6 Å². The Morgan fingerprint density at radius 3 is 2.46 bits per heavy atom. The van der Waals surface area contributed by atoms with Gasteiger partial charge in [-0.2, -0.15) is 0 Å². The minimum absolute atomic E-state index is 0.0109. The van der Waals surface area contributed by atoms with Crippen LogP contribution in [-0.2, 0) is 11.3 Å². The quantitative estimate of drug-likeness (QED) is 0.469. The molecule has 0 radical (unpaired) electrons. The molecule has 0 bridgehead atoms. The van der Waals surface area contributed by atoms with Crippen molar-refractivity contribution in [1.29, 1.82) is 0 Å². The Balaban J connectivity index is 1.66. The fourth-order valence-corrected chi connectivity index (χ4v) is 4.66. The zero-order valence-electron chi connectivity index (χ0n) is 21.2. The van der Waals surface area contributed by atoms with E-state index in [4.69, 9.17) is 10.7 Å². The van der Waals surface area contributed by atoms with Crippen molar-refractivity contribution in [3.05, 3.63) is 70.8 Å². The Morgan fingerprint density at radius 2 is 1.86 bits per heavy atom. The molecule has 1 amide bonds. The number of benzene rings is 1. The van der Waals surface area contributed by atoms with Crippen LogP contribution in [0.3, 0.4) is 0 Å². The predicted molar refractivity (Wildman–Crippen MR) is 148 cm³/mol. The highest BCUT2D eigenvalue weighted by Crippen LogP contribution is 2.18. The van der Waals surface area contributed by atoms with E-state index in [0.29, 0.717) is 0 Å². The van der Waals surface area contributed by atoms with Crippen LogP contribution in [0.15, 0.2) is 70.2 Å². The molecule has 2 aliphatic rings. The fraction of sp³-hybridized carbons (Fsp3) is 0.481. The molecule has 0 saturated carbocycles. The molecule has 35 heavy (non-hydrogen) atoms. The molecule has 1 saturated heterocycles. The van der Waals surface area contributed by atoms with Crippen molar-refractivity contribution >= 4 is 27.7 Å². The van der Waals surface area contributed by atoms with Gasteiger partial charge in [0.2, 0.25) is 5.91 Å². The third-order valence-corrected chi connectivity index (χ3v) is 7.06. The van der Waals surface area contributed by atoms with Gasteiger partial charge in [-0.05, 0) is 30.7 Å². The van der Waals surface area contributed by atoms with E-state index in [1.807, 2.05) is 32.1 Å². The first kappa shape index (κ1) is 27.3. The van der Waals surface area contributed by atoms with Crippen LogP contribution in [0.4, 0.5) is 0 Å². The van der Waals surface area contributed by atoms with Crippen molar-refractivity contribution in [3.8, 4) is 0 Å². The SMILES string of the molecule is C=C/C=C\C=C1/CN(C)C(CN2CCN(Cc3ccc(Br)cc3)CC2)N=C1NC(C(N)=O)C(C)C. The molecule has 2 atom stereocenters. The monoisotopic (exact) mass is 542 g/mol. The average molecular weight is 544 g/mol. The summed E-state index contributed by atoms with van der Waals surface area (Å²) in [7, 11) is 2.10. The lowest BCUT2D eigenvalue weighted by atomic mass is 10.0. The summed E-state index contributed by atoms with van der Waals surface area (Å²) in [6.45, 7) is 14.4. The van der Waals surface area contributed by atoms with Crippen LogP contribution in [0, 0.1) is 5.92 Å². The molecule has 2 aliphatic heterocycles. The average Bonchev–Trinajstić information content (AvgIpc) is 2.82. The highest BCUT2D eigenvalue weighted by molar-refractivity contribution is 9.10. The highest BCUT2D eigenvalue weighted by atomic mass is 79.9. The molecule has 0 aromatic heterocycles. The number of nitrogens with two attached hydrogens (primary N) is 1. The summed E-state index contributed by atoms with van der Waals surface area (Å²) in [6.07, 6.45) is 7.62. The van der Waals surface area contributed by atoms with Gasteiger partial charge >= 0.3 is 0 Å². The Kier molecular flexibility index (Phi) is 10.3. The van der Waals surface area contributed by atoms with Crippen molar-refractivity contribution in [1.82, 2.24) is 20.0 Å². The summed E-state index contributed by atoms with van der Waals surface area (Å²) in [5.41, 5.74) is 8.06. The smallest absolute Gasteiger partial charge is 0.240 e. The number of allylic oxidation sites excluding steroid dienone is 4. The lowest BCUT2D eigenvalue weighted by Gasteiger charge is -2.39. The van der Waals surface area contributed by atoms with E-state index >= 15 is 0 Å². The molecule has 8 heteroatoms. The summed E-state index contributed by atoms with van der Waals surface area (Å²) in [4.78, 5) is 24.4. The third-order valence-electron chi connectivity index (χ3n) is 6.53. The van der Waals surface area contributed by atoms with Gasteiger partial charge in [-0.3, -0.25) is 19.5 Å². The second kappa shape index (κ2) is 13.2. The number of hydrogen-bond acceptors (Lipinski definition) is 6. The van der Waals surface area contributed by atoms with Gasteiger partial charge in [0.15, 0.2) is 0 Å². The molecule has 0 spiro atoms. The van der Waals surface area contributed by atoms with Gasteiger partial charge in [0, 0.05) is 55.9 Å². The van der Waals surface area contributed by atoms with Gasteiger partial charge in [-0.15, -0.1) is 0 Å². The molecule has 1 aromatic carbocycles. The van der Waals surface area contributed by atoms with E-state index in [-0.39, 0.29) is 18.0 Å². The van der Waals surface area contributed by atoms with Crippen LogP contribution in [0.1, 0.15) is 19.4 Å². The number of nitrogens with one attached hydrogen (secondary N) is 1. The minimum atomic E-state index is -0.466. The Bertz CT molecular complexity index is 947. The molecular weight excluding hydrogens is 504 g/mol. The first-order valence-electron chi connectivity index (χ1n) is 12.3. The first-order chi connectivity index (χ1) is 16.8. The van der Waals surface area contributed by atoms with Crippen molar-refractivity contribution < 1.29 is 4.79 Å². The Hall–Kier alpha value is -2.26. The number of carbonyl (C=O) groups excluding carboxylic acids is 1. The normalized spacial score (nSPS) is 22.5. The Morgan fingerprint density at radius 1 is 1.20 bits per heavy atom. The maximum absolute atomic E-state index is 12.1. The van der Waals surface area contributed by atoms with Crippen LogP contribution >= 0.6 is 15.9 Å². The number of piperazine rings is 1. The van der Waals surface area contributed by atoms with E-state index in [2.05, 4.69) is 73.8 Å². The summed E-state index contributed by atoms with van der Waals surface area (Å²) in [5.74, 6) is 0.464. The van der Waals surface area contributed by atoms with Gasteiger partial charge in [0.25, 0.3) is 0 Å². The van der Waals surface area contributed by atoms with Crippen LogP contribution in [0.5, 0.6) is 0 Å². The summed E-state index contributed by atoms with van der Waals surface area (Å²) in [6, 6.07) is 8.11.